The molecule has 0 atom stereocenters. The second kappa shape index (κ2) is 9.37. The summed E-state index contributed by atoms with van der Waals surface area (Å²) in [5, 5.41) is 0.873. The lowest BCUT2D eigenvalue weighted by Crippen LogP contribution is -2.35. The molecule has 2 aromatic carbocycles. The van der Waals surface area contributed by atoms with E-state index in [1.165, 1.54) is 16.4 Å². The van der Waals surface area contributed by atoms with E-state index in [1.54, 1.807) is 30.3 Å². The molecule has 150 valence electrons. The molecule has 0 spiro atoms. The summed E-state index contributed by atoms with van der Waals surface area (Å²) in [5.74, 6) is -0.212. The van der Waals surface area contributed by atoms with E-state index >= 15 is 0 Å². The molecule has 0 N–H and O–H groups in total. The predicted molar refractivity (Wildman–Crippen MR) is 110 cm³/mol. The van der Waals surface area contributed by atoms with Crippen molar-refractivity contribution in [1.29, 1.82) is 0 Å². The van der Waals surface area contributed by atoms with Gasteiger partial charge < -0.3 is 4.74 Å². The van der Waals surface area contributed by atoms with Crippen molar-refractivity contribution in [2.45, 2.75) is 30.8 Å². The van der Waals surface area contributed by atoms with E-state index in [0.29, 0.717) is 34.3 Å². The number of benzene rings is 2. The van der Waals surface area contributed by atoms with Crippen molar-refractivity contribution in [2.75, 3.05) is 19.7 Å². The summed E-state index contributed by atoms with van der Waals surface area (Å²) >= 11 is 12.1. The molecule has 5 nitrogen and oxygen atoms in total. The van der Waals surface area contributed by atoms with Gasteiger partial charge in [-0.3, -0.25) is 4.79 Å². The van der Waals surface area contributed by atoms with Crippen molar-refractivity contribution in [2.24, 2.45) is 0 Å². The second-order valence-electron chi connectivity index (χ2n) is 6.64. The number of sulfonamides is 1. The van der Waals surface area contributed by atoms with Crippen LogP contribution in [-0.2, 0) is 21.4 Å². The Morgan fingerprint density at radius 2 is 1.79 bits per heavy atom. The summed E-state index contributed by atoms with van der Waals surface area (Å²) in [6.45, 7) is 0.949. The number of ether oxygens (including phenoxy) is 1. The molecule has 0 aromatic heterocycles. The lowest BCUT2D eigenvalue weighted by Gasteiger charge is -2.26. The number of ketones is 1. The zero-order valence-corrected chi connectivity index (χ0v) is 17.6. The maximum Gasteiger partial charge on any atom is 0.243 e. The molecule has 1 aliphatic rings. The van der Waals surface area contributed by atoms with Crippen LogP contribution in [0.2, 0.25) is 10.0 Å². The summed E-state index contributed by atoms with van der Waals surface area (Å²) < 4.78 is 32.6. The van der Waals surface area contributed by atoms with Gasteiger partial charge in [0.1, 0.15) is 6.61 Å². The van der Waals surface area contributed by atoms with Crippen LogP contribution in [0.3, 0.4) is 0 Å². The van der Waals surface area contributed by atoms with Crippen molar-refractivity contribution >= 4 is 39.0 Å². The highest BCUT2D eigenvalue weighted by Crippen LogP contribution is 2.25. The molecule has 0 unspecified atom stereocenters. The normalized spacial score (nSPS) is 15.5. The Balaban J connectivity index is 1.67. The van der Waals surface area contributed by atoms with Crippen molar-refractivity contribution in [1.82, 2.24) is 4.31 Å². The maximum absolute atomic E-state index is 12.8. The van der Waals surface area contributed by atoms with Gasteiger partial charge in [0.15, 0.2) is 5.78 Å². The highest BCUT2D eigenvalue weighted by atomic mass is 35.5. The summed E-state index contributed by atoms with van der Waals surface area (Å²) in [6, 6.07) is 11.2. The molecule has 0 aliphatic carbocycles. The molecule has 28 heavy (non-hydrogen) atoms. The minimum Gasteiger partial charge on any atom is -0.369 e. The Kier molecular flexibility index (Phi) is 7.12. The van der Waals surface area contributed by atoms with Gasteiger partial charge in [-0.1, -0.05) is 41.8 Å². The van der Waals surface area contributed by atoms with E-state index in [1.807, 2.05) is 0 Å². The van der Waals surface area contributed by atoms with Crippen LogP contribution in [0, 0.1) is 0 Å². The number of rotatable bonds is 7. The van der Waals surface area contributed by atoms with E-state index in [0.717, 1.165) is 19.3 Å². The van der Waals surface area contributed by atoms with Gasteiger partial charge in [0.25, 0.3) is 0 Å². The number of carbonyl (C=O) groups is 1. The largest absolute Gasteiger partial charge is 0.369 e. The number of halogens is 2. The standard InChI is InChI=1S/C20H21Cl2NO4S/c21-17-6-4-5-15(11-17)20(24)14-27-13-16-12-18(7-8-19(16)22)28(25,26)23-9-2-1-3-10-23/h4-8,11-12H,1-3,9-10,13-14H2. The molecule has 1 aliphatic heterocycles. The molecule has 0 radical (unpaired) electrons. The van der Waals surface area contributed by atoms with Crippen molar-refractivity contribution in [3.8, 4) is 0 Å². The van der Waals surface area contributed by atoms with Crippen LogP contribution in [0.5, 0.6) is 0 Å². The average molecular weight is 442 g/mol. The van der Waals surface area contributed by atoms with Gasteiger partial charge in [-0.15, -0.1) is 0 Å². The van der Waals surface area contributed by atoms with Crippen molar-refractivity contribution < 1.29 is 17.9 Å². The van der Waals surface area contributed by atoms with E-state index in [4.69, 9.17) is 27.9 Å². The smallest absolute Gasteiger partial charge is 0.243 e. The topological polar surface area (TPSA) is 63.7 Å². The quantitative estimate of drug-likeness (QED) is 0.590. The molecule has 1 saturated heterocycles. The Labute approximate surface area is 175 Å². The molecule has 1 heterocycles. The summed E-state index contributed by atoms with van der Waals surface area (Å²) in [5.41, 5.74) is 0.985. The minimum absolute atomic E-state index is 0.0362. The summed E-state index contributed by atoms with van der Waals surface area (Å²) in [7, 11) is -3.55. The molecule has 0 saturated carbocycles. The SMILES string of the molecule is O=C(COCc1cc(S(=O)(=O)N2CCCCC2)ccc1Cl)c1cccc(Cl)c1. The maximum atomic E-state index is 12.8. The summed E-state index contributed by atoms with van der Waals surface area (Å²) in [4.78, 5) is 12.4. The van der Waals surface area contributed by atoms with E-state index in [2.05, 4.69) is 0 Å². The van der Waals surface area contributed by atoms with Crippen LogP contribution in [0.1, 0.15) is 35.2 Å². The molecule has 2 aromatic rings. The van der Waals surface area contributed by atoms with Gasteiger partial charge in [0.2, 0.25) is 10.0 Å². The lowest BCUT2D eigenvalue weighted by atomic mass is 10.1. The molecule has 3 rings (SSSR count). The Morgan fingerprint density at radius 1 is 1.04 bits per heavy atom. The fraction of sp³-hybridized carbons (Fsp3) is 0.350. The van der Waals surface area contributed by atoms with Gasteiger partial charge in [0, 0.05) is 28.7 Å². The van der Waals surface area contributed by atoms with Crippen LogP contribution in [0.25, 0.3) is 0 Å². The predicted octanol–water partition coefficient (Wildman–Crippen LogP) is 4.57. The van der Waals surface area contributed by atoms with Gasteiger partial charge in [-0.25, -0.2) is 8.42 Å². The molecule has 0 bridgehead atoms. The molecular weight excluding hydrogens is 421 g/mol. The molecular formula is C20H21Cl2NO4S. The number of piperidine rings is 1. The van der Waals surface area contributed by atoms with Crippen LogP contribution in [0.4, 0.5) is 0 Å². The van der Waals surface area contributed by atoms with Crippen LogP contribution < -0.4 is 0 Å². The molecule has 1 fully saturated rings. The molecule has 0 amide bonds. The van der Waals surface area contributed by atoms with Crippen LogP contribution in [-0.4, -0.2) is 38.2 Å². The Bertz CT molecular complexity index is 956. The lowest BCUT2D eigenvalue weighted by molar-refractivity contribution is 0.0726. The summed E-state index contributed by atoms with van der Waals surface area (Å²) in [6.07, 6.45) is 2.79. The van der Waals surface area contributed by atoms with Gasteiger partial charge in [0.05, 0.1) is 11.5 Å². The monoisotopic (exact) mass is 441 g/mol. The van der Waals surface area contributed by atoms with Gasteiger partial charge in [-0.2, -0.15) is 4.31 Å². The zero-order valence-electron chi connectivity index (χ0n) is 15.2. The Morgan fingerprint density at radius 3 is 2.50 bits per heavy atom. The van der Waals surface area contributed by atoms with E-state index in [-0.39, 0.29) is 23.9 Å². The highest BCUT2D eigenvalue weighted by molar-refractivity contribution is 7.89. The average Bonchev–Trinajstić information content (AvgIpc) is 2.70. The number of hydrogen-bond donors (Lipinski definition) is 0. The Hall–Kier alpha value is -1.44. The second-order valence-corrected chi connectivity index (χ2v) is 9.43. The number of carbonyl (C=O) groups excluding carboxylic acids is 1. The fourth-order valence-corrected chi connectivity index (χ4v) is 5.01. The number of nitrogens with zero attached hydrogens (tertiary/aromatic N) is 1. The van der Waals surface area contributed by atoms with Crippen molar-refractivity contribution in [3.63, 3.8) is 0 Å². The van der Waals surface area contributed by atoms with Gasteiger partial charge in [-0.05, 0) is 48.7 Å². The van der Waals surface area contributed by atoms with Crippen LogP contribution >= 0.6 is 23.2 Å². The third-order valence-electron chi connectivity index (χ3n) is 4.61. The third kappa shape index (κ3) is 5.13. The first-order chi connectivity index (χ1) is 13.4. The zero-order chi connectivity index (χ0) is 20.1. The van der Waals surface area contributed by atoms with E-state index in [9.17, 15) is 13.2 Å². The third-order valence-corrected chi connectivity index (χ3v) is 7.11. The van der Waals surface area contributed by atoms with Gasteiger partial charge >= 0.3 is 0 Å². The molecule has 8 heteroatoms. The van der Waals surface area contributed by atoms with E-state index < -0.39 is 10.0 Å². The fourth-order valence-electron chi connectivity index (χ4n) is 3.08. The highest BCUT2D eigenvalue weighted by Gasteiger charge is 2.26. The van der Waals surface area contributed by atoms with Crippen molar-refractivity contribution in [3.05, 3.63) is 63.6 Å². The first-order valence-corrected chi connectivity index (χ1v) is 11.2. The first-order valence-electron chi connectivity index (χ1n) is 9.03. The van der Waals surface area contributed by atoms with Crippen LogP contribution in [0.15, 0.2) is 47.4 Å². The number of Topliss-reactive ketones (excluding diaryl/α,β-unsaturated/α-hetero) is 1. The number of hydrogen-bond acceptors (Lipinski definition) is 4. The minimum atomic E-state index is -3.55. The first kappa shape index (κ1) is 21.3.